The van der Waals surface area contributed by atoms with E-state index < -0.39 is 0 Å². The summed E-state index contributed by atoms with van der Waals surface area (Å²) in [6, 6.07) is 77.2. The van der Waals surface area contributed by atoms with E-state index in [0.29, 0.717) is 0 Å². The molecule has 0 fully saturated rings. The van der Waals surface area contributed by atoms with Gasteiger partial charge in [-0.15, -0.1) is 0 Å². The van der Waals surface area contributed by atoms with E-state index in [1.165, 1.54) is 61.1 Å². The van der Waals surface area contributed by atoms with Crippen molar-refractivity contribution < 1.29 is 0 Å². The standard InChI is InChI=1S/C59H47N3/c1-58(2)52-22-13-14-25-55(52)62-56-53(58)23-15-24-54(56)59(3,4)60-57(62)45-28-26-41(27-29-45)43-32-36-48(37-33-43)61(47-34-30-42(31-35-47)40-16-7-5-8-17-40)49-38-46-20-11-12-21-50(46)51(39-49)44-18-9-6-10-19-44/h5-39H,1-4H3. The first-order valence-corrected chi connectivity index (χ1v) is 21.6. The van der Waals surface area contributed by atoms with Gasteiger partial charge in [-0.1, -0.05) is 184 Å². The van der Waals surface area contributed by atoms with Crippen molar-refractivity contribution in [2.45, 2.75) is 38.6 Å². The zero-order valence-electron chi connectivity index (χ0n) is 35.5. The van der Waals surface area contributed by atoms with Crippen LogP contribution < -0.4 is 9.80 Å². The largest absolute Gasteiger partial charge is 0.310 e. The fourth-order valence-corrected chi connectivity index (χ4v) is 9.81. The molecular formula is C59H47N3. The van der Waals surface area contributed by atoms with E-state index in [9.17, 15) is 0 Å². The SMILES string of the molecule is CC1(C)N=C(c2ccc(-c3ccc(N(c4ccc(-c5ccccc5)cc4)c4cc(-c5ccccc5)c5ccccc5c4)cc3)cc2)N2c3ccccc3C(C)(C)c3cccc1c32. The molecule has 0 unspecified atom stereocenters. The van der Waals surface area contributed by atoms with E-state index in [0.717, 1.165) is 39.6 Å². The molecule has 298 valence electrons. The average Bonchev–Trinajstić information content (AvgIpc) is 3.32. The van der Waals surface area contributed by atoms with Gasteiger partial charge in [0.2, 0.25) is 0 Å². The maximum Gasteiger partial charge on any atom is 0.140 e. The van der Waals surface area contributed by atoms with Gasteiger partial charge in [-0.2, -0.15) is 0 Å². The molecule has 11 rings (SSSR count). The van der Waals surface area contributed by atoms with Gasteiger partial charge < -0.3 is 4.90 Å². The number of anilines is 5. The highest BCUT2D eigenvalue weighted by Crippen LogP contribution is 2.55. The van der Waals surface area contributed by atoms with Gasteiger partial charge in [0.1, 0.15) is 5.84 Å². The molecule has 0 bridgehead atoms. The van der Waals surface area contributed by atoms with Crippen LogP contribution in [0.2, 0.25) is 0 Å². The lowest BCUT2D eigenvalue weighted by atomic mass is 9.71. The molecule has 0 amide bonds. The minimum Gasteiger partial charge on any atom is -0.310 e. The number of fused-ring (bicyclic) bond motifs is 3. The summed E-state index contributed by atoms with van der Waals surface area (Å²) in [7, 11) is 0. The maximum atomic E-state index is 5.49. The van der Waals surface area contributed by atoms with Gasteiger partial charge in [0.15, 0.2) is 0 Å². The summed E-state index contributed by atoms with van der Waals surface area (Å²) in [5.74, 6) is 0.985. The van der Waals surface area contributed by atoms with Crippen LogP contribution in [0.25, 0.3) is 44.2 Å². The zero-order chi connectivity index (χ0) is 42.0. The first-order chi connectivity index (χ1) is 30.2. The predicted molar refractivity (Wildman–Crippen MR) is 262 cm³/mol. The van der Waals surface area contributed by atoms with Gasteiger partial charge in [-0.3, -0.25) is 9.89 Å². The Hall–Kier alpha value is -7.49. The van der Waals surface area contributed by atoms with Crippen LogP contribution in [0.4, 0.5) is 28.4 Å². The second-order valence-corrected chi connectivity index (χ2v) is 17.6. The second kappa shape index (κ2) is 14.6. The van der Waals surface area contributed by atoms with Crippen molar-refractivity contribution in [1.29, 1.82) is 0 Å². The number of nitrogens with zero attached hydrogens (tertiary/aromatic N) is 3. The van der Waals surface area contributed by atoms with Gasteiger partial charge >= 0.3 is 0 Å². The molecule has 0 spiro atoms. The highest BCUT2D eigenvalue weighted by atomic mass is 15.2. The van der Waals surface area contributed by atoms with E-state index in [1.807, 2.05) is 0 Å². The van der Waals surface area contributed by atoms with E-state index in [-0.39, 0.29) is 11.0 Å². The number of hydrogen-bond donors (Lipinski definition) is 0. The summed E-state index contributed by atoms with van der Waals surface area (Å²) >= 11 is 0. The predicted octanol–water partition coefficient (Wildman–Crippen LogP) is 15.8. The van der Waals surface area contributed by atoms with E-state index in [1.54, 1.807) is 0 Å². The van der Waals surface area contributed by atoms with Crippen LogP contribution in [-0.4, -0.2) is 5.84 Å². The van der Waals surface area contributed by atoms with Crippen molar-refractivity contribution in [3.05, 3.63) is 235 Å². The summed E-state index contributed by atoms with van der Waals surface area (Å²) in [5, 5.41) is 2.44. The highest BCUT2D eigenvalue weighted by Gasteiger charge is 2.44. The van der Waals surface area contributed by atoms with Gasteiger partial charge in [0.05, 0.1) is 16.9 Å². The molecule has 3 nitrogen and oxygen atoms in total. The van der Waals surface area contributed by atoms with Crippen LogP contribution in [0.3, 0.4) is 0 Å². The van der Waals surface area contributed by atoms with Crippen molar-refractivity contribution in [3.8, 4) is 33.4 Å². The normalized spacial score (nSPS) is 14.5. The van der Waals surface area contributed by atoms with Crippen LogP contribution in [0.15, 0.2) is 217 Å². The first kappa shape index (κ1) is 37.5. The number of rotatable bonds is 7. The number of para-hydroxylation sites is 2. The monoisotopic (exact) mass is 797 g/mol. The molecule has 9 aromatic carbocycles. The number of benzene rings is 9. The quantitative estimate of drug-likeness (QED) is 0.160. The molecule has 2 aliphatic heterocycles. The lowest BCUT2D eigenvalue weighted by molar-refractivity contribution is 0.542. The summed E-state index contributed by atoms with van der Waals surface area (Å²) in [6.45, 7) is 9.18. The van der Waals surface area contributed by atoms with Gasteiger partial charge in [-0.25, -0.2) is 0 Å². The van der Waals surface area contributed by atoms with Crippen molar-refractivity contribution >= 4 is 45.0 Å². The Morgan fingerprint density at radius 3 is 1.56 bits per heavy atom. The molecule has 0 atom stereocenters. The molecule has 2 heterocycles. The van der Waals surface area contributed by atoms with E-state index >= 15 is 0 Å². The van der Waals surface area contributed by atoms with Gasteiger partial charge in [0, 0.05) is 33.6 Å². The molecule has 0 saturated carbocycles. The van der Waals surface area contributed by atoms with Crippen molar-refractivity contribution in [2.75, 3.05) is 9.80 Å². The Morgan fingerprint density at radius 2 is 0.903 bits per heavy atom. The maximum absolute atomic E-state index is 5.49. The number of aliphatic imine (C=N–C) groups is 1. The first-order valence-electron chi connectivity index (χ1n) is 21.6. The Bertz CT molecular complexity index is 3140. The third kappa shape index (κ3) is 6.23. The van der Waals surface area contributed by atoms with E-state index in [2.05, 4.69) is 250 Å². The summed E-state index contributed by atoms with van der Waals surface area (Å²) in [5.41, 5.74) is 17.4. The zero-order valence-corrected chi connectivity index (χ0v) is 35.5. The topological polar surface area (TPSA) is 18.8 Å². The molecule has 3 heteroatoms. The Morgan fingerprint density at radius 1 is 0.403 bits per heavy atom. The van der Waals surface area contributed by atoms with Gasteiger partial charge in [0.25, 0.3) is 0 Å². The summed E-state index contributed by atoms with van der Waals surface area (Å²) in [4.78, 5) is 10.3. The highest BCUT2D eigenvalue weighted by molar-refractivity contribution is 6.18. The minimum atomic E-state index is -0.380. The average molecular weight is 798 g/mol. The second-order valence-electron chi connectivity index (χ2n) is 17.6. The number of amidine groups is 1. The minimum absolute atomic E-state index is 0.132. The summed E-state index contributed by atoms with van der Waals surface area (Å²) in [6.07, 6.45) is 0. The van der Waals surface area contributed by atoms with Crippen molar-refractivity contribution in [3.63, 3.8) is 0 Å². The van der Waals surface area contributed by atoms with E-state index in [4.69, 9.17) is 4.99 Å². The molecule has 0 aromatic heterocycles. The third-order valence-electron chi connectivity index (χ3n) is 13.0. The molecule has 0 aliphatic carbocycles. The number of hydrogen-bond acceptors (Lipinski definition) is 3. The van der Waals surface area contributed by atoms with Crippen molar-refractivity contribution in [1.82, 2.24) is 0 Å². The third-order valence-corrected chi connectivity index (χ3v) is 13.0. The summed E-state index contributed by atoms with van der Waals surface area (Å²) < 4.78 is 0. The fourth-order valence-electron chi connectivity index (χ4n) is 9.81. The smallest absolute Gasteiger partial charge is 0.140 e. The van der Waals surface area contributed by atoms with Crippen LogP contribution in [0.1, 0.15) is 49.9 Å². The van der Waals surface area contributed by atoms with Crippen molar-refractivity contribution in [2.24, 2.45) is 4.99 Å². The fraction of sp³-hybridized carbons (Fsp3) is 0.102. The van der Waals surface area contributed by atoms with Crippen LogP contribution in [0, 0.1) is 0 Å². The lowest BCUT2D eigenvalue weighted by Gasteiger charge is -2.47. The molecule has 0 radical (unpaired) electrons. The van der Waals surface area contributed by atoms with Crippen LogP contribution >= 0.6 is 0 Å². The molecule has 9 aromatic rings. The molecule has 0 N–H and O–H groups in total. The van der Waals surface area contributed by atoms with Gasteiger partial charge in [-0.05, 0) is 112 Å². The van der Waals surface area contributed by atoms with Crippen LogP contribution in [-0.2, 0) is 11.0 Å². The Labute approximate surface area is 364 Å². The lowest BCUT2D eigenvalue weighted by Crippen LogP contribution is -2.43. The molecule has 2 aliphatic rings. The Balaban J connectivity index is 0.974. The molecular weight excluding hydrogens is 751 g/mol. The molecule has 0 saturated heterocycles. The Kier molecular flexibility index (Phi) is 8.83. The molecule has 62 heavy (non-hydrogen) atoms. The van der Waals surface area contributed by atoms with Crippen LogP contribution in [0.5, 0.6) is 0 Å².